The van der Waals surface area contributed by atoms with Crippen LogP contribution in [0.3, 0.4) is 0 Å². The molecule has 0 radical (unpaired) electrons. The minimum atomic E-state index is -0.635. The summed E-state index contributed by atoms with van der Waals surface area (Å²) in [4.78, 5) is 12.6. The van der Waals surface area contributed by atoms with Crippen LogP contribution >= 0.6 is 0 Å². The van der Waals surface area contributed by atoms with Crippen LogP contribution in [0.1, 0.15) is 51.7 Å². The number of aliphatic hydroxyl groups excluding tert-OH is 1. The summed E-state index contributed by atoms with van der Waals surface area (Å²) in [5.41, 5.74) is 0.847. The summed E-state index contributed by atoms with van der Waals surface area (Å²) in [6.07, 6.45) is 2.69. The lowest BCUT2D eigenvalue weighted by Gasteiger charge is -2.36. The Balaban J connectivity index is 1.92. The molecule has 0 aromatic heterocycles. The number of rotatable bonds is 5. The van der Waals surface area contributed by atoms with E-state index in [2.05, 4.69) is 26.1 Å². The highest BCUT2D eigenvalue weighted by Gasteiger charge is 2.35. The molecule has 1 saturated carbocycles. The van der Waals surface area contributed by atoms with Crippen molar-refractivity contribution in [3.05, 3.63) is 35.9 Å². The first-order valence-corrected chi connectivity index (χ1v) is 8.49. The van der Waals surface area contributed by atoms with Gasteiger partial charge < -0.3 is 10.4 Å². The molecule has 0 bridgehead atoms. The highest BCUT2D eigenvalue weighted by Crippen LogP contribution is 2.38. The lowest BCUT2D eigenvalue weighted by atomic mass is 9.70. The van der Waals surface area contributed by atoms with E-state index >= 15 is 0 Å². The molecule has 1 aromatic carbocycles. The molecule has 1 aliphatic rings. The number of aliphatic hydroxyl groups is 1. The highest BCUT2D eigenvalue weighted by molar-refractivity contribution is 5.79. The van der Waals surface area contributed by atoms with Crippen LogP contribution in [0, 0.1) is 23.7 Å². The van der Waals surface area contributed by atoms with Gasteiger partial charge in [-0.3, -0.25) is 4.79 Å². The Morgan fingerprint density at radius 2 is 1.95 bits per heavy atom. The summed E-state index contributed by atoms with van der Waals surface area (Å²) in [6.45, 7) is 6.94. The van der Waals surface area contributed by atoms with E-state index in [0.29, 0.717) is 24.3 Å². The second-order valence-corrected chi connectivity index (χ2v) is 7.10. The molecule has 0 heterocycles. The first-order valence-electron chi connectivity index (χ1n) is 8.49. The van der Waals surface area contributed by atoms with E-state index in [0.717, 1.165) is 18.4 Å². The summed E-state index contributed by atoms with van der Waals surface area (Å²) < 4.78 is 0. The molecular formula is C19H29NO2. The van der Waals surface area contributed by atoms with Gasteiger partial charge in [-0.15, -0.1) is 0 Å². The van der Waals surface area contributed by atoms with Crippen molar-refractivity contribution in [2.45, 2.75) is 46.1 Å². The number of benzene rings is 1. The number of carbonyl (C=O) groups is 1. The molecule has 4 atom stereocenters. The summed E-state index contributed by atoms with van der Waals surface area (Å²) in [6, 6.07) is 9.49. The van der Waals surface area contributed by atoms with Gasteiger partial charge in [0.1, 0.15) is 0 Å². The van der Waals surface area contributed by atoms with Gasteiger partial charge in [-0.05, 0) is 36.2 Å². The van der Waals surface area contributed by atoms with E-state index in [1.165, 1.54) is 6.42 Å². The maximum atomic E-state index is 12.6. The normalized spacial score (nSPS) is 26.7. The molecule has 3 unspecified atom stereocenters. The third-order valence-corrected chi connectivity index (χ3v) is 5.01. The molecule has 1 fully saturated rings. The molecular weight excluding hydrogens is 274 g/mol. The average Bonchev–Trinajstić information content (AvgIpc) is 2.52. The van der Waals surface area contributed by atoms with Gasteiger partial charge in [0.15, 0.2) is 0 Å². The number of hydrogen-bond donors (Lipinski definition) is 2. The van der Waals surface area contributed by atoms with Gasteiger partial charge >= 0.3 is 0 Å². The number of carbonyl (C=O) groups excluding carboxylic acids is 1. The molecule has 3 nitrogen and oxygen atoms in total. The van der Waals surface area contributed by atoms with Crippen LogP contribution in [0.25, 0.3) is 0 Å². The fraction of sp³-hybridized carbons (Fsp3) is 0.632. The van der Waals surface area contributed by atoms with Crippen molar-refractivity contribution in [3.8, 4) is 0 Å². The Bertz CT molecular complexity index is 472. The van der Waals surface area contributed by atoms with Crippen molar-refractivity contribution in [2.75, 3.05) is 6.54 Å². The van der Waals surface area contributed by atoms with Crippen LogP contribution in [-0.4, -0.2) is 17.6 Å². The van der Waals surface area contributed by atoms with E-state index in [9.17, 15) is 9.90 Å². The summed E-state index contributed by atoms with van der Waals surface area (Å²) in [5, 5.41) is 13.1. The summed E-state index contributed by atoms with van der Waals surface area (Å²) >= 11 is 0. The summed E-state index contributed by atoms with van der Waals surface area (Å²) in [5.74, 6) is 1.81. The standard InChI is InChI=1S/C19H29NO2/c1-13(2)16-10-9-14(3)11-17(16)19(22)20-12-18(21)15-7-5-4-6-8-15/h4-8,13-14,16-18,21H,9-12H2,1-3H3,(H,20,22)/t14?,16?,17?,18-/m0/s1. The van der Waals surface area contributed by atoms with Crippen LogP contribution in [0.5, 0.6) is 0 Å². The fourth-order valence-corrected chi connectivity index (χ4v) is 3.63. The SMILES string of the molecule is CC1CCC(C(C)C)C(C(=O)NC[C@H](O)c2ccccc2)C1. The average molecular weight is 303 g/mol. The van der Waals surface area contributed by atoms with Gasteiger partial charge in [-0.25, -0.2) is 0 Å². The third-order valence-electron chi connectivity index (χ3n) is 5.01. The van der Waals surface area contributed by atoms with Crippen LogP contribution in [0.4, 0.5) is 0 Å². The lowest BCUT2D eigenvalue weighted by Crippen LogP contribution is -2.41. The minimum Gasteiger partial charge on any atom is -0.387 e. The van der Waals surface area contributed by atoms with E-state index in [1.54, 1.807) is 0 Å². The van der Waals surface area contributed by atoms with Crippen LogP contribution in [0.15, 0.2) is 30.3 Å². The van der Waals surface area contributed by atoms with Gasteiger partial charge in [-0.2, -0.15) is 0 Å². The first kappa shape index (κ1) is 17.0. The monoisotopic (exact) mass is 303 g/mol. The number of nitrogens with one attached hydrogen (secondary N) is 1. The molecule has 3 heteroatoms. The zero-order chi connectivity index (χ0) is 16.1. The first-order chi connectivity index (χ1) is 10.5. The number of hydrogen-bond acceptors (Lipinski definition) is 2. The van der Waals surface area contributed by atoms with E-state index in [-0.39, 0.29) is 11.8 Å². The largest absolute Gasteiger partial charge is 0.387 e. The van der Waals surface area contributed by atoms with E-state index in [1.807, 2.05) is 30.3 Å². The predicted molar refractivity (Wildman–Crippen MR) is 89.2 cm³/mol. The van der Waals surface area contributed by atoms with Crippen LogP contribution < -0.4 is 5.32 Å². The maximum absolute atomic E-state index is 12.6. The maximum Gasteiger partial charge on any atom is 0.223 e. The molecule has 0 saturated heterocycles. The quantitative estimate of drug-likeness (QED) is 0.874. The smallest absolute Gasteiger partial charge is 0.223 e. The predicted octanol–water partition coefficient (Wildman–Crippen LogP) is 3.54. The highest BCUT2D eigenvalue weighted by atomic mass is 16.3. The molecule has 0 spiro atoms. The van der Waals surface area contributed by atoms with Crippen molar-refractivity contribution in [1.29, 1.82) is 0 Å². The topological polar surface area (TPSA) is 49.3 Å². The molecule has 122 valence electrons. The minimum absolute atomic E-state index is 0.0896. The van der Waals surface area contributed by atoms with E-state index < -0.39 is 6.10 Å². The Morgan fingerprint density at radius 3 is 2.59 bits per heavy atom. The van der Waals surface area contributed by atoms with Crippen molar-refractivity contribution >= 4 is 5.91 Å². The zero-order valence-corrected chi connectivity index (χ0v) is 14.0. The summed E-state index contributed by atoms with van der Waals surface area (Å²) in [7, 11) is 0. The Kier molecular flexibility index (Phi) is 6.01. The van der Waals surface area contributed by atoms with Gasteiger partial charge in [0.2, 0.25) is 5.91 Å². The number of amides is 1. The van der Waals surface area contributed by atoms with Crippen molar-refractivity contribution in [3.63, 3.8) is 0 Å². The third kappa shape index (κ3) is 4.33. The molecule has 0 aliphatic heterocycles. The van der Waals surface area contributed by atoms with Crippen molar-refractivity contribution in [1.82, 2.24) is 5.32 Å². The van der Waals surface area contributed by atoms with Gasteiger partial charge in [0.25, 0.3) is 0 Å². The van der Waals surface area contributed by atoms with E-state index in [4.69, 9.17) is 0 Å². The molecule has 1 aromatic rings. The van der Waals surface area contributed by atoms with Crippen LogP contribution in [0.2, 0.25) is 0 Å². The van der Waals surface area contributed by atoms with Crippen LogP contribution in [-0.2, 0) is 4.79 Å². The fourth-order valence-electron chi connectivity index (χ4n) is 3.63. The van der Waals surface area contributed by atoms with Gasteiger partial charge in [0.05, 0.1) is 6.10 Å². The molecule has 2 rings (SSSR count). The lowest BCUT2D eigenvalue weighted by molar-refractivity contribution is -0.129. The Morgan fingerprint density at radius 1 is 1.27 bits per heavy atom. The second-order valence-electron chi connectivity index (χ2n) is 7.10. The Hall–Kier alpha value is -1.35. The zero-order valence-electron chi connectivity index (χ0n) is 14.0. The van der Waals surface area contributed by atoms with Gasteiger partial charge in [-0.1, -0.05) is 57.5 Å². The van der Waals surface area contributed by atoms with Gasteiger partial charge in [0, 0.05) is 12.5 Å². The Labute approximate surface area is 134 Å². The molecule has 1 aliphatic carbocycles. The van der Waals surface area contributed by atoms with Crippen molar-refractivity contribution < 1.29 is 9.90 Å². The molecule has 22 heavy (non-hydrogen) atoms. The second kappa shape index (κ2) is 7.77. The molecule has 2 N–H and O–H groups in total. The van der Waals surface area contributed by atoms with Crippen molar-refractivity contribution in [2.24, 2.45) is 23.7 Å². The molecule has 1 amide bonds.